The molecule has 90 valence electrons. The third kappa shape index (κ3) is 4.66. The van der Waals surface area contributed by atoms with Crippen LogP contribution in [0.4, 0.5) is 0 Å². The first kappa shape index (κ1) is 13.2. The fourth-order valence-corrected chi connectivity index (χ4v) is 1.29. The number of hydrogen-bond donors (Lipinski definition) is 2. The Balaban J connectivity index is 2.54. The molecular formula is C13H15NO3. The number of nitrogens with zero attached hydrogens (tertiary/aromatic N) is 1. The molecule has 1 aromatic rings. The average Bonchev–Trinajstić information content (AvgIpc) is 2.30. The molecule has 17 heavy (non-hydrogen) atoms. The first-order chi connectivity index (χ1) is 8.13. The molecule has 0 saturated heterocycles. The van der Waals surface area contributed by atoms with Crippen LogP contribution in [0.2, 0.25) is 0 Å². The van der Waals surface area contributed by atoms with Crippen LogP contribution in [-0.4, -0.2) is 21.2 Å². The Morgan fingerprint density at radius 1 is 1.41 bits per heavy atom. The fraction of sp³-hybridized carbons (Fsp3) is 0.385. The molecule has 0 bridgehead atoms. The van der Waals surface area contributed by atoms with Crippen molar-refractivity contribution in [2.45, 2.75) is 32.8 Å². The highest BCUT2D eigenvalue weighted by Crippen LogP contribution is 2.06. The van der Waals surface area contributed by atoms with Crippen molar-refractivity contribution in [2.75, 3.05) is 0 Å². The molecule has 2 N–H and O–H groups in total. The van der Waals surface area contributed by atoms with Crippen LogP contribution < -0.4 is 0 Å². The first-order valence-corrected chi connectivity index (χ1v) is 5.37. The van der Waals surface area contributed by atoms with Gasteiger partial charge in [-0.25, -0.2) is 0 Å². The average molecular weight is 233 g/mol. The molecule has 0 aromatic carbocycles. The number of aryl methyl sites for hydroxylation is 1. The van der Waals surface area contributed by atoms with Crippen molar-refractivity contribution in [2.24, 2.45) is 0 Å². The molecule has 4 nitrogen and oxygen atoms in total. The second-order valence-corrected chi connectivity index (χ2v) is 3.65. The van der Waals surface area contributed by atoms with Crippen molar-refractivity contribution < 1.29 is 15.0 Å². The van der Waals surface area contributed by atoms with E-state index in [9.17, 15) is 4.79 Å². The number of rotatable bonds is 4. The van der Waals surface area contributed by atoms with Crippen LogP contribution in [-0.2, 0) is 17.8 Å². The summed E-state index contributed by atoms with van der Waals surface area (Å²) in [5.41, 5.74) is 2.41. The van der Waals surface area contributed by atoms with Gasteiger partial charge in [-0.15, -0.1) is 5.92 Å². The normalized spacial score (nSPS) is 9.53. The first-order valence-electron chi connectivity index (χ1n) is 5.37. The number of aliphatic hydroxyl groups excluding tert-OH is 1. The minimum absolute atomic E-state index is 0.0657. The van der Waals surface area contributed by atoms with Crippen LogP contribution in [0.5, 0.6) is 0 Å². The van der Waals surface area contributed by atoms with Gasteiger partial charge in [0.25, 0.3) is 0 Å². The molecule has 0 saturated carbocycles. The highest BCUT2D eigenvalue weighted by atomic mass is 16.4. The van der Waals surface area contributed by atoms with Crippen LogP contribution in [0, 0.1) is 18.8 Å². The van der Waals surface area contributed by atoms with Crippen LogP contribution >= 0.6 is 0 Å². The summed E-state index contributed by atoms with van der Waals surface area (Å²) >= 11 is 0. The molecule has 4 heteroatoms. The van der Waals surface area contributed by atoms with Crippen LogP contribution in [0.3, 0.4) is 0 Å². The summed E-state index contributed by atoms with van der Waals surface area (Å²) in [7, 11) is 0. The van der Waals surface area contributed by atoms with E-state index in [2.05, 4.69) is 16.8 Å². The number of aliphatic carboxylic acids is 1. The maximum absolute atomic E-state index is 10.2. The molecule has 0 unspecified atom stereocenters. The topological polar surface area (TPSA) is 70.4 Å². The molecule has 0 aliphatic heterocycles. The molecule has 0 radical (unpaired) electrons. The number of carboxylic acid groups (broad SMARTS) is 1. The number of pyridine rings is 1. The smallest absolute Gasteiger partial charge is 0.304 e. The Labute approximate surface area is 100 Å². The molecular weight excluding hydrogens is 218 g/mol. The lowest BCUT2D eigenvalue weighted by molar-refractivity contribution is -0.136. The van der Waals surface area contributed by atoms with Gasteiger partial charge in [-0.05, 0) is 18.6 Å². The second kappa shape index (κ2) is 6.66. The van der Waals surface area contributed by atoms with E-state index >= 15 is 0 Å². The van der Waals surface area contributed by atoms with E-state index in [0.29, 0.717) is 18.5 Å². The molecule has 1 aromatic heterocycles. The Morgan fingerprint density at radius 3 is 2.82 bits per heavy atom. The lowest BCUT2D eigenvalue weighted by Gasteiger charge is -2.02. The monoisotopic (exact) mass is 233 g/mol. The number of carboxylic acids is 1. The predicted octanol–water partition coefficient (Wildman–Crippen LogP) is 1.29. The van der Waals surface area contributed by atoms with Gasteiger partial charge < -0.3 is 10.2 Å². The molecule has 0 atom stereocenters. The van der Waals surface area contributed by atoms with Gasteiger partial charge in [0.05, 0.1) is 30.8 Å². The fourth-order valence-electron chi connectivity index (χ4n) is 1.29. The number of aliphatic hydroxyl groups is 1. The zero-order valence-corrected chi connectivity index (χ0v) is 9.73. The van der Waals surface area contributed by atoms with Gasteiger partial charge >= 0.3 is 5.97 Å². The van der Waals surface area contributed by atoms with Gasteiger partial charge in [0.15, 0.2) is 0 Å². The van der Waals surface area contributed by atoms with E-state index in [4.69, 9.17) is 10.2 Å². The van der Waals surface area contributed by atoms with E-state index in [1.54, 1.807) is 0 Å². The third-order valence-corrected chi connectivity index (χ3v) is 2.27. The second-order valence-electron chi connectivity index (χ2n) is 3.65. The third-order valence-electron chi connectivity index (χ3n) is 2.27. The van der Waals surface area contributed by atoms with Crippen molar-refractivity contribution in [3.63, 3.8) is 0 Å². The zero-order chi connectivity index (χ0) is 12.7. The minimum Gasteiger partial charge on any atom is -0.481 e. The zero-order valence-electron chi connectivity index (χ0n) is 9.73. The van der Waals surface area contributed by atoms with Crippen molar-refractivity contribution in [1.29, 1.82) is 0 Å². The van der Waals surface area contributed by atoms with Gasteiger partial charge in [-0.3, -0.25) is 9.78 Å². The molecule has 1 rings (SSSR count). The minimum atomic E-state index is -0.838. The standard InChI is InChI=1S/C13H15NO3/c1-10-7-8-11(14-12(10)9-15)5-3-2-4-6-13(16)17/h7-8,15H,4-6,9H2,1H3,(H,16,17). The number of hydrogen-bond acceptors (Lipinski definition) is 3. The molecule has 0 aliphatic rings. The van der Waals surface area contributed by atoms with Gasteiger partial charge in [-0.1, -0.05) is 12.0 Å². The van der Waals surface area contributed by atoms with Crippen LogP contribution in [0.15, 0.2) is 12.1 Å². The number of aromatic nitrogens is 1. The summed E-state index contributed by atoms with van der Waals surface area (Å²) in [5, 5.41) is 17.5. The van der Waals surface area contributed by atoms with Gasteiger partial charge in [-0.2, -0.15) is 0 Å². The van der Waals surface area contributed by atoms with Gasteiger partial charge in [0.1, 0.15) is 0 Å². The van der Waals surface area contributed by atoms with E-state index < -0.39 is 5.97 Å². The van der Waals surface area contributed by atoms with Crippen LogP contribution in [0.25, 0.3) is 0 Å². The summed E-state index contributed by atoms with van der Waals surface area (Å²) in [6.45, 7) is 1.81. The SMILES string of the molecule is Cc1ccc(CC#CCCC(=O)O)nc1CO. The summed E-state index contributed by atoms with van der Waals surface area (Å²) in [4.78, 5) is 14.5. The van der Waals surface area contributed by atoms with E-state index in [0.717, 1.165) is 11.3 Å². The predicted molar refractivity (Wildman–Crippen MR) is 63.2 cm³/mol. The molecule has 0 amide bonds. The van der Waals surface area contributed by atoms with Crippen molar-refractivity contribution >= 4 is 5.97 Å². The molecule has 0 spiro atoms. The lowest BCUT2D eigenvalue weighted by atomic mass is 10.2. The molecule has 0 fully saturated rings. The summed E-state index contributed by atoms with van der Waals surface area (Å²) in [6, 6.07) is 3.76. The van der Waals surface area contributed by atoms with Gasteiger partial charge in [0.2, 0.25) is 0 Å². The Bertz CT molecular complexity index is 457. The summed E-state index contributed by atoms with van der Waals surface area (Å²) in [5.74, 6) is 4.82. The maximum Gasteiger partial charge on any atom is 0.304 e. The highest BCUT2D eigenvalue weighted by Gasteiger charge is 1.99. The molecule has 1 heterocycles. The Kier molecular flexibility index (Phi) is 5.18. The Morgan fingerprint density at radius 2 is 2.18 bits per heavy atom. The summed E-state index contributed by atoms with van der Waals surface area (Å²) in [6.07, 6.45) is 0.900. The van der Waals surface area contributed by atoms with E-state index in [-0.39, 0.29) is 13.0 Å². The van der Waals surface area contributed by atoms with Crippen molar-refractivity contribution in [3.05, 3.63) is 29.1 Å². The van der Waals surface area contributed by atoms with Gasteiger partial charge in [0, 0.05) is 6.42 Å². The largest absolute Gasteiger partial charge is 0.481 e. The van der Waals surface area contributed by atoms with E-state index in [1.165, 1.54) is 0 Å². The number of carbonyl (C=O) groups is 1. The summed E-state index contributed by atoms with van der Waals surface area (Å²) < 4.78 is 0. The maximum atomic E-state index is 10.2. The highest BCUT2D eigenvalue weighted by molar-refractivity contribution is 5.67. The van der Waals surface area contributed by atoms with Crippen molar-refractivity contribution in [1.82, 2.24) is 4.98 Å². The van der Waals surface area contributed by atoms with Crippen molar-refractivity contribution in [3.8, 4) is 11.8 Å². The van der Waals surface area contributed by atoms with Crippen LogP contribution in [0.1, 0.15) is 29.8 Å². The Hall–Kier alpha value is -1.86. The molecule has 0 aliphatic carbocycles. The quantitative estimate of drug-likeness (QED) is 0.769. The lowest BCUT2D eigenvalue weighted by Crippen LogP contribution is -1.98. The van der Waals surface area contributed by atoms with E-state index in [1.807, 2.05) is 19.1 Å².